The van der Waals surface area contributed by atoms with E-state index >= 15 is 0 Å². The highest BCUT2D eigenvalue weighted by Gasteiger charge is 2.21. The number of aryl methyl sites for hydroxylation is 1. The molecule has 0 aliphatic carbocycles. The van der Waals surface area contributed by atoms with Gasteiger partial charge in [-0.2, -0.15) is 0 Å². The first-order valence-corrected chi connectivity index (χ1v) is 6.58. The Hall–Kier alpha value is -1.68. The van der Waals surface area contributed by atoms with E-state index in [2.05, 4.69) is 49.3 Å². The standard InChI is InChI=1S/C15H22N4/c1-15(2,3)13-8-6-5-7-12(13)14(16)9-11-10-19(4)18-17-11/h5-8,10,14H,9,16H2,1-4H3. The molecule has 0 fully saturated rings. The number of nitrogens with two attached hydrogens (primary N) is 1. The zero-order chi connectivity index (χ0) is 14.0. The second-order valence-corrected chi connectivity index (χ2v) is 6.03. The smallest absolute Gasteiger partial charge is 0.0845 e. The Bertz CT molecular complexity index is 551. The van der Waals surface area contributed by atoms with Crippen molar-refractivity contribution in [2.24, 2.45) is 12.8 Å². The normalized spacial score (nSPS) is 13.5. The Labute approximate surface area is 114 Å². The van der Waals surface area contributed by atoms with Gasteiger partial charge in [0, 0.05) is 25.7 Å². The van der Waals surface area contributed by atoms with Crippen LogP contribution in [0.15, 0.2) is 30.5 Å². The third kappa shape index (κ3) is 3.20. The fraction of sp³-hybridized carbons (Fsp3) is 0.467. The Morgan fingerprint density at radius 2 is 1.95 bits per heavy atom. The summed E-state index contributed by atoms with van der Waals surface area (Å²) in [6.45, 7) is 6.63. The molecule has 1 aromatic heterocycles. The van der Waals surface area contributed by atoms with Crippen LogP contribution in [0.3, 0.4) is 0 Å². The number of nitrogens with zero attached hydrogens (tertiary/aromatic N) is 3. The molecule has 0 spiro atoms. The van der Waals surface area contributed by atoms with Crippen molar-refractivity contribution in [2.45, 2.75) is 38.6 Å². The van der Waals surface area contributed by atoms with Gasteiger partial charge in [0.05, 0.1) is 5.69 Å². The van der Waals surface area contributed by atoms with Gasteiger partial charge in [-0.15, -0.1) is 5.10 Å². The highest BCUT2D eigenvalue weighted by Crippen LogP contribution is 2.29. The van der Waals surface area contributed by atoms with E-state index in [1.165, 1.54) is 11.1 Å². The maximum Gasteiger partial charge on any atom is 0.0845 e. The SMILES string of the molecule is Cn1cc(CC(N)c2ccccc2C(C)(C)C)nn1. The molecule has 1 atom stereocenters. The Morgan fingerprint density at radius 1 is 1.26 bits per heavy atom. The van der Waals surface area contributed by atoms with Crippen molar-refractivity contribution in [1.82, 2.24) is 15.0 Å². The van der Waals surface area contributed by atoms with E-state index in [4.69, 9.17) is 5.73 Å². The summed E-state index contributed by atoms with van der Waals surface area (Å²) in [6, 6.07) is 8.33. The number of aromatic nitrogens is 3. The van der Waals surface area contributed by atoms with Crippen LogP contribution in [-0.4, -0.2) is 15.0 Å². The van der Waals surface area contributed by atoms with E-state index in [0.29, 0.717) is 6.42 Å². The maximum absolute atomic E-state index is 6.36. The van der Waals surface area contributed by atoms with E-state index in [9.17, 15) is 0 Å². The third-order valence-electron chi connectivity index (χ3n) is 3.25. The summed E-state index contributed by atoms with van der Waals surface area (Å²) in [6.07, 6.45) is 2.63. The summed E-state index contributed by atoms with van der Waals surface area (Å²) in [4.78, 5) is 0. The van der Waals surface area contributed by atoms with Crippen LogP contribution < -0.4 is 5.73 Å². The van der Waals surface area contributed by atoms with Crippen LogP contribution in [0.25, 0.3) is 0 Å². The van der Waals surface area contributed by atoms with Crippen molar-refractivity contribution in [3.63, 3.8) is 0 Å². The minimum absolute atomic E-state index is 0.0490. The van der Waals surface area contributed by atoms with Crippen LogP contribution in [0.5, 0.6) is 0 Å². The number of rotatable bonds is 3. The van der Waals surface area contributed by atoms with E-state index in [1.807, 2.05) is 19.3 Å². The molecule has 2 rings (SSSR count). The summed E-state index contributed by atoms with van der Waals surface area (Å²) in [5, 5.41) is 8.05. The van der Waals surface area contributed by atoms with Crippen LogP contribution in [-0.2, 0) is 18.9 Å². The molecule has 2 aromatic rings. The predicted molar refractivity (Wildman–Crippen MR) is 76.8 cm³/mol. The predicted octanol–water partition coefficient (Wildman–Crippen LogP) is 2.36. The minimum atomic E-state index is -0.0490. The van der Waals surface area contributed by atoms with E-state index < -0.39 is 0 Å². The lowest BCUT2D eigenvalue weighted by atomic mass is 9.81. The van der Waals surface area contributed by atoms with Crippen LogP contribution in [0.2, 0.25) is 0 Å². The average molecular weight is 258 g/mol. The summed E-state index contributed by atoms with van der Waals surface area (Å²) < 4.78 is 1.71. The molecule has 1 heterocycles. The summed E-state index contributed by atoms with van der Waals surface area (Å²) in [5.41, 5.74) is 9.87. The molecule has 0 amide bonds. The number of benzene rings is 1. The monoisotopic (exact) mass is 258 g/mol. The second kappa shape index (κ2) is 5.13. The first kappa shape index (κ1) is 13.7. The lowest BCUT2D eigenvalue weighted by Gasteiger charge is -2.25. The molecule has 19 heavy (non-hydrogen) atoms. The molecule has 0 aliphatic rings. The Kier molecular flexibility index (Phi) is 3.71. The molecule has 102 valence electrons. The van der Waals surface area contributed by atoms with E-state index in [1.54, 1.807) is 4.68 Å². The molecule has 0 radical (unpaired) electrons. The minimum Gasteiger partial charge on any atom is -0.324 e. The van der Waals surface area contributed by atoms with Gasteiger partial charge in [-0.1, -0.05) is 50.3 Å². The van der Waals surface area contributed by atoms with Gasteiger partial charge in [-0.3, -0.25) is 4.68 Å². The third-order valence-corrected chi connectivity index (χ3v) is 3.25. The first-order chi connectivity index (χ1) is 8.88. The number of hydrogen-bond donors (Lipinski definition) is 1. The van der Waals surface area contributed by atoms with Gasteiger partial charge in [0.25, 0.3) is 0 Å². The summed E-state index contributed by atoms with van der Waals surface area (Å²) in [7, 11) is 1.87. The first-order valence-electron chi connectivity index (χ1n) is 6.58. The van der Waals surface area contributed by atoms with Gasteiger partial charge in [-0.05, 0) is 16.5 Å². The van der Waals surface area contributed by atoms with Crippen LogP contribution in [0, 0.1) is 0 Å². The van der Waals surface area contributed by atoms with Gasteiger partial charge in [0.15, 0.2) is 0 Å². The van der Waals surface area contributed by atoms with Gasteiger partial charge in [0.2, 0.25) is 0 Å². The zero-order valence-electron chi connectivity index (χ0n) is 12.1. The van der Waals surface area contributed by atoms with Gasteiger partial charge >= 0.3 is 0 Å². The molecular weight excluding hydrogens is 236 g/mol. The molecular formula is C15H22N4. The van der Waals surface area contributed by atoms with Gasteiger partial charge < -0.3 is 5.73 Å². The molecule has 0 saturated heterocycles. The molecule has 0 bridgehead atoms. The molecule has 1 unspecified atom stereocenters. The van der Waals surface area contributed by atoms with E-state index in [-0.39, 0.29) is 11.5 Å². The topological polar surface area (TPSA) is 56.7 Å². The van der Waals surface area contributed by atoms with Crippen molar-refractivity contribution < 1.29 is 0 Å². The highest BCUT2D eigenvalue weighted by atomic mass is 15.4. The molecule has 0 aliphatic heterocycles. The van der Waals surface area contributed by atoms with Crippen molar-refractivity contribution in [3.05, 3.63) is 47.3 Å². The fourth-order valence-electron chi connectivity index (χ4n) is 2.33. The van der Waals surface area contributed by atoms with Crippen molar-refractivity contribution in [1.29, 1.82) is 0 Å². The van der Waals surface area contributed by atoms with Gasteiger partial charge in [0.1, 0.15) is 0 Å². The van der Waals surface area contributed by atoms with Crippen LogP contribution in [0.1, 0.15) is 43.6 Å². The lowest BCUT2D eigenvalue weighted by Crippen LogP contribution is -2.21. The highest BCUT2D eigenvalue weighted by molar-refractivity contribution is 5.35. The molecule has 1 aromatic carbocycles. The van der Waals surface area contributed by atoms with Crippen molar-refractivity contribution in [3.8, 4) is 0 Å². The molecule has 4 heteroatoms. The van der Waals surface area contributed by atoms with Crippen LogP contribution in [0.4, 0.5) is 0 Å². The largest absolute Gasteiger partial charge is 0.324 e. The number of hydrogen-bond acceptors (Lipinski definition) is 3. The van der Waals surface area contributed by atoms with Gasteiger partial charge in [-0.25, -0.2) is 0 Å². The Morgan fingerprint density at radius 3 is 2.53 bits per heavy atom. The zero-order valence-corrected chi connectivity index (χ0v) is 12.1. The quantitative estimate of drug-likeness (QED) is 0.919. The lowest BCUT2D eigenvalue weighted by molar-refractivity contribution is 0.567. The van der Waals surface area contributed by atoms with E-state index in [0.717, 1.165) is 5.69 Å². The van der Waals surface area contributed by atoms with Crippen molar-refractivity contribution in [2.75, 3.05) is 0 Å². The molecule has 2 N–H and O–H groups in total. The average Bonchev–Trinajstić information content (AvgIpc) is 2.73. The fourth-order valence-corrected chi connectivity index (χ4v) is 2.33. The molecule has 0 saturated carbocycles. The Balaban J connectivity index is 2.26. The maximum atomic E-state index is 6.36. The van der Waals surface area contributed by atoms with Crippen molar-refractivity contribution >= 4 is 0 Å². The summed E-state index contributed by atoms with van der Waals surface area (Å²) >= 11 is 0. The summed E-state index contributed by atoms with van der Waals surface area (Å²) in [5.74, 6) is 0. The second-order valence-electron chi connectivity index (χ2n) is 6.03. The van der Waals surface area contributed by atoms with Crippen LogP contribution >= 0.6 is 0 Å². The molecule has 4 nitrogen and oxygen atoms in total.